The fourth-order valence-electron chi connectivity index (χ4n) is 2.18. The maximum atomic E-state index is 12.4. The predicted molar refractivity (Wildman–Crippen MR) is 81.9 cm³/mol. The highest BCUT2D eigenvalue weighted by Crippen LogP contribution is 2.22. The first-order valence-electron chi connectivity index (χ1n) is 6.59. The minimum atomic E-state index is -0.0389. The molecule has 0 fully saturated rings. The standard InChI is InChI=1S/C15H19N3OS/c1-4-12(13-9-10-16-18(13)2)17-15(19)11-7-5-6-8-14(11)20-3/h5-10,12H,4H2,1-3H3,(H,17,19)/t12-/m1/s1. The highest BCUT2D eigenvalue weighted by Gasteiger charge is 2.18. The van der Waals surface area contributed by atoms with Gasteiger partial charge < -0.3 is 5.32 Å². The van der Waals surface area contributed by atoms with Gasteiger partial charge in [-0.3, -0.25) is 9.48 Å². The van der Waals surface area contributed by atoms with Crippen LogP contribution < -0.4 is 5.32 Å². The van der Waals surface area contributed by atoms with Crippen LogP contribution in [0.1, 0.15) is 35.4 Å². The third-order valence-electron chi connectivity index (χ3n) is 3.28. The average Bonchev–Trinajstić information content (AvgIpc) is 2.90. The summed E-state index contributed by atoms with van der Waals surface area (Å²) >= 11 is 1.58. The maximum absolute atomic E-state index is 12.4. The lowest BCUT2D eigenvalue weighted by Gasteiger charge is -2.18. The quantitative estimate of drug-likeness (QED) is 0.861. The van der Waals surface area contributed by atoms with Crippen molar-refractivity contribution in [3.63, 3.8) is 0 Å². The summed E-state index contributed by atoms with van der Waals surface area (Å²) in [5.74, 6) is -0.0389. The maximum Gasteiger partial charge on any atom is 0.252 e. The number of nitrogens with one attached hydrogen (secondary N) is 1. The number of aryl methyl sites for hydroxylation is 1. The fraction of sp³-hybridized carbons (Fsp3) is 0.333. The van der Waals surface area contributed by atoms with Gasteiger partial charge in [0.25, 0.3) is 5.91 Å². The Hall–Kier alpha value is -1.75. The summed E-state index contributed by atoms with van der Waals surface area (Å²) in [6.07, 6.45) is 4.55. The molecule has 0 saturated heterocycles. The van der Waals surface area contributed by atoms with Gasteiger partial charge in [0.1, 0.15) is 0 Å². The number of aromatic nitrogens is 2. The van der Waals surface area contributed by atoms with E-state index in [2.05, 4.69) is 17.3 Å². The van der Waals surface area contributed by atoms with Crippen molar-refractivity contribution in [3.05, 3.63) is 47.8 Å². The minimum Gasteiger partial charge on any atom is -0.344 e. The molecule has 4 nitrogen and oxygen atoms in total. The summed E-state index contributed by atoms with van der Waals surface area (Å²) in [4.78, 5) is 13.4. The van der Waals surface area contributed by atoms with Crippen molar-refractivity contribution in [2.24, 2.45) is 7.05 Å². The van der Waals surface area contributed by atoms with E-state index in [4.69, 9.17) is 0 Å². The van der Waals surface area contributed by atoms with E-state index in [1.54, 1.807) is 22.6 Å². The van der Waals surface area contributed by atoms with E-state index in [1.807, 2.05) is 43.6 Å². The first-order chi connectivity index (χ1) is 9.67. The molecule has 1 aromatic heterocycles. The molecule has 1 aromatic carbocycles. The lowest BCUT2D eigenvalue weighted by molar-refractivity contribution is 0.0931. The molecule has 1 amide bonds. The van der Waals surface area contributed by atoms with E-state index in [9.17, 15) is 4.79 Å². The summed E-state index contributed by atoms with van der Waals surface area (Å²) in [6.45, 7) is 2.05. The molecule has 0 aliphatic rings. The Morgan fingerprint density at radius 2 is 2.15 bits per heavy atom. The first-order valence-corrected chi connectivity index (χ1v) is 7.81. The van der Waals surface area contributed by atoms with Crippen molar-refractivity contribution in [2.75, 3.05) is 6.26 Å². The topological polar surface area (TPSA) is 46.9 Å². The van der Waals surface area contributed by atoms with E-state index in [1.165, 1.54) is 0 Å². The van der Waals surface area contributed by atoms with Gasteiger partial charge in [-0.05, 0) is 30.9 Å². The van der Waals surface area contributed by atoms with Gasteiger partial charge in [-0.25, -0.2) is 0 Å². The van der Waals surface area contributed by atoms with Crippen LogP contribution in [0.5, 0.6) is 0 Å². The molecule has 0 aliphatic heterocycles. The molecule has 0 aliphatic carbocycles. The molecular formula is C15H19N3OS. The molecule has 2 aromatic rings. The molecule has 20 heavy (non-hydrogen) atoms. The molecule has 0 radical (unpaired) electrons. The van der Waals surface area contributed by atoms with Gasteiger partial charge in [-0.15, -0.1) is 11.8 Å². The van der Waals surface area contributed by atoms with Crippen molar-refractivity contribution in [2.45, 2.75) is 24.3 Å². The largest absolute Gasteiger partial charge is 0.344 e. The van der Waals surface area contributed by atoms with E-state index in [0.717, 1.165) is 22.6 Å². The molecule has 0 bridgehead atoms. The minimum absolute atomic E-state index is 0.0232. The monoisotopic (exact) mass is 289 g/mol. The van der Waals surface area contributed by atoms with E-state index < -0.39 is 0 Å². The third kappa shape index (κ3) is 3.04. The van der Waals surface area contributed by atoms with Crippen LogP contribution in [0.2, 0.25) is 0 Å². The van der Waals surface area contributed by atoms with E-state index in [-0.39, 0.29) is 11.9 Å². The normalized spacial score (nSPS) is 12.2. The predicted octanol–water partition coefficient (Wildman–Crippen LogP) is 3.02. The molecular weight excluding hydrogens is 270 g/mol. The van der Waals surface area contributed by atoms with Crippen LogP contribution in [0.15, 0.2) is 41.4 Å². The Bertz CT molecular complexity index is 594. The van der Waals surface area contributed by atoms with Gasteiger partial charge in [0.2, 0.25) is 0 Å². The number of benzene rings is 1. The van der Waals surface area contributed by atoms with Gasteiger partial charge in [-0.1, -0.05) is 19.1 Å². The number of carbonyl (C=O) groups is 1. The Balaban J connectivity index is 2.20. The second-order valence-corrected chi connectivity index (χ2v) is 5.36. The highest BCUT2D eigenvalue weighted by molar-refractivity contribution is 7.98. The van der Waals surface area contributed by atoms with E-state index >= 15 is 0 Å². The Labute approximate surface area is 123 Å². The van der Waals surface area contributed by atoms with Crippen molar-refractivity contribution in [1.29, 1.82) is 0 Å². The van der Waals surface area contributed by atoms with E-state index in [0.29, 0.717) is 0 Å². The number of carbonyl (C=O) groups excluding carboxylic acids is 1. The molecule has 1 atom stereocenters. The van der Waals surface area contributed by atoms with Gasteiger partial charge >= 0.3 is 0 Å². The van der Waals surface area contributed by atoms with Crippen LogP contribution in [0.3, 0.4) is 0 Å². The van der Waals surface area contributed by atoms with Gasteiger partial charge in [0, 0.05) is 18.1 Å². The average molecular weight is 289 g/mol. The second kappa shape index (κ2) is 6.61. The SMILES string of the molecule is CC[C@@H](NC(=O)c1ccccc1SC)c1ccnn1C. The zero-order chi connectivity index (χ0) is 14.5. The molecule has 0 saturated carbocycles. The van der Waals surface area contributed by atoms with Crippen molar-refractivity contribution in [3.8, 4) is 0 Å². The third-order valence-corrected chi connectivity index (χ3v) is 4.08. The van der Waals surface area contributed by atoms with Crippen molar-refractivity contribution in [1.82, 2.24) is 15.1 Å². The lowest BCUT2D eigenvalue weighted by atomic mass is 10.1. The number of nitrogens with zero attached hydrogens (tertiary/aromatic N) is 2. The van der Waals surface area contributed by atoms with Crippen molar-refractivity contribution < 1.29 is 4.79 Å². The van der Waals surface area contributed by atoms with Gasteiger partial charge in [0.15, 0.2) is 0 Å². The smallest absolute Gasteiger partial charge is 0.252 e. The Morgan fingerprint density at radius 3 is 2.75 bits per heavy atom. The molecule has 106 valence electrons. The fourth-order valence-corrected chi connectivity index (χ4v) is 2.77. The summed E-state index contributed by atoms with van der Waals surface area (Å²) in [7, 11) is 1.89. The Kier molecular flexibility index (Phi) is 4.84. The lowest BCUT2D eigenvalue weighted by Crippen LogP contribution is -2.29. The molecule has 5 heteroatoms. The zero-order valence-electron chi connectivity index (χ0n) is 12.0. The molecule has 0 unspecified atom stereocenters. The van der Waals surface area contributed by atoms with Crippen LogP contribution in [0.4, 0.5) is 0 Å². The number of rotatable bonds is 5. The number of amides is 1. The van der Waals surface area contributed by atoms with Crippen LogP contribution in [-0.4, -0.2) is 21.9 Å². The molecule has 1 N–H and O–H groups in total. The summed E-state index contributed by atoms with van der Waals surface area (Å²) in [5.41, 5.74) is 1.74. The number of hydrogen-bond donors (Lipinski definition) is 1. The molecule has 2 rings (SSSR count). The van der Waals surface area contributed by atoms with Gasteiger partial charge in [-0.2, -0.15) is 5.10 Å². The first kappa shape index (κ1) is 14.7. The van der Waals surface area contributed by atoms with Gasteiger partial charge in [0.05, 0.1) is 17.3 Å². The second-order valence-electron chi connectivity index (χ2n) is 4.51. The van der Waals surface area contributed by atoms with Crippen molar-refractivity contribution >= 4 is 17.7 Å². The molecule has 1 heterocycles. The zero-order valence-corrected chi connectivity index (χ0v) is 12.8. The van der Waals surface area contributed by atoms with Crippen LogP contribution in [0, 0.1) is 0 Å². The summed E-state index contributed by atoms with van der Waals surface area (Å²) < 4.78 is 1.80. The number of thioether (sulfide) groups is 1. The van der Waals surface area contributed by atoms with Crippen LogP contribution in [-0.2, 0) is 7.05 Å². The highest BCUT2D eigenvalue weighted by atomic mass is 32.2. The van der Waals surface area contributed by atoms with Crippen LogP contribution in [0.25, 0.3) is 0 Å². The van der Waals surface area contributed by atoms with Crippen LogP contribution >= 0.6 is 11.8 Å². The number of hydrogen-bond acceptors (Lipinski definition) is 3. The summed E-state index contributed by atoms with van der Waals surface area (Å²) in [6, 6.07) is 9.57. The Morgan fingerprint density at radius 1 is 1.40 bits per heavy atom. The molecule has 0 spiro atoms. The summed E-state index contributed by atoms with van der Waals surface area (Å²) in [5, 5.41) is 7.25.